The van der Waals surface area contributed by atoms with E-state index in [9.17, 15) is 21.6 Å². The van der Waals surface area contributed by atoms with Crippen LogP contribution in [0.25, 0.3) is 0 Å². The van der Waals surface area contributed by atoms with Crippen LogP contribution in [0, 0.1) is 6.92 Å². The second-order valence-corrected chi connectivity index (χ2v) is 8.33. The van der Waals surface area contributed by atoms with E-state index >= 15 is 0 Å². The van der Waals surface area contributed by atoms with Gasteiger partial charge in [0.1, 0.15) is 6.04 Å². The molecule has 1 atom stereocenters. The van der Waals surface area contributed by atoms with Crippen LogP contribution in [0.4, 0.5) is 13.2 Å². The van der Waals surface area contributed by atoms with Crippen LogP contribution in [0.3, 0.4) is 0 Å². The smallest absolute Gasteiger partial charge is 0.280 e. The fourth-order valence-corrected chi connectivity index (χ4v) is 4.39. The van der Waals surface area contributed by atoms with Crippen LogP contribution in [0.5, 0.6) is 0 Å². The first-order valence-corrected chi connectivity index (χ1v) is 9.53. The summed E-state index contributed by atoms with van der Waals surface area (Å²) in [5, 5.41) is 0. The second kappa shape index (κ2) is 6.89. The molecular formula is C19H18F3NO2S. The number of benzene rings is 2. The Kier molecular flexibility index (Phi) is 4.94. The molecule has 0 fully saturated rings. The second-order valence-electron chi connectivity index (χ2n) is 6.33. The van der Waals surface area contributed by atoms with E-state index in [-0.39, 0.29) is 22.9 Å². The van der Waals surface area contributed by atoms with Gasteiger partial charge in [-0.1, -0.05) is 48.0 Å². The van der Waals surface area contributed by atoms with Crippen LogP contribution in [0.15, 0.2) is 70.5 Å². The van der Waals surface area contributed by atoms with Gasteiger partial charge < -0.3 is 0 Å². The molecule has 138 valence electrons. The molecule has 0 radical (unpaired) electrons. The fourth-order valence-electron chi connectivity index (χ4n) is 2.95. The number of aryl methyl sites for hydroxylation is 1. The van der Waals surface area contributed by atoms with E-state index in [1.807, 2.05) is 6.92 Å². The summed E-state index contributed by atoms with van der Waals surface area (Å²) in [5.41, 5.74) is 1.58. The van der Waals surface area contributed by atoms with E-state index < -0.39 is 22.1 Å². The predicted molar refractivity (Wildman–Crippen MR) is 93.1 cm³/mol. The van der Waals surface area contributed by atoms with E-state index in [4.69, 9.17) is 0 Å². The van der Waals surface area contributed by atoms with E-state index in [0.29, 0.717) is 5.56 Å². The van der Waals surface area contributed by atoms with E-state index in [0.717, 1.165) is 16.5 Å². The molecule has 0 bridgehead atoms. The van der Waals surface area contributed by atoms with Gasteiger partial charge in [0.15, 0.2) is 0 Å². The Hall–Kier alpha value is -2.12. The van der Waals surface area contributed by atoms with Crippen molar-refractivity contribution in [2.75, 3.05) is 6.54 Å². The Morgan fingerprint density at radius 3 is 2.23 bits per heavy atom. The number of alkyl halides is 3. The van der Waals surface area contributed by atoms with Gasteiger partial charge in [-0.05, 0) is 30.7 Å². The van der Waals surface area contributed by atoms with Gasteiger partial charge in [0, 0.05) is 13.1 Å². The molecule has 1 unspecified atom stereocenters. The zero-order valence-electron chi connectivity index (χ0n) is 14.1. The molecule has 0 N–H and O–H groups in total. The third-order valence-electron chi connectivity index (χ3n) is 4.34. The minimum Gasteiger partial charge on any atom is -0.280 e. The van der Waals surface area contributed by atoms with Gasteiger partial charge in [-0.25, -0.2) is 8.42 Å². The van der Waals surface area contributed by atoms with Crippen molar-refractivity contribution >= 4 is 9.84 Å². The normalized spacial score (nSPS) is 18.8. The predicted octanol–water partition coefficient (Wildman–Crippen LogP) is 4.10. The molecule has 0 saturated heterocycles. The Morgan fingerprint density at radius 1 is 1.04 bits per heavy atom. The summed E-state index contributed by atoms with van der Waals surface area (Å²) < 4.78 is 65.9. The van der Waals surface area contributed by atoms with Gasteiger partial charge >= 0.3 is 6.18 Å². The molecule has 0 aromatic heterocycles. The van der Waals surface area contributed by atoms with Crippen molar-refractivity contribution in [1.29, 1.82) is 0 Å². The summed E-state index contributed by atoms with van der Waals surface area (Å²) in [4.78, 5) is 0.938. The van der Waals surface area contributed by atoms with Crippen molar-refractivity contribution < 1.29 is 21.6 Å². The number of nitrogens with zero attached hydrogens (tertiary/aromatic N) is 1. The molecule has 26 heavy (non-hydrogen) atoms. The summed E-state index contributed by atoms with van der Waals surface area (Å²) in [5.74, 6) is 0. The van der Waals surface area contributed by atoms with Gasteiger partial charge in [-0.3, -0.25) is 4.90 Å². The maximum atomic E-state index is 13.4. The van der Waals surface area contributed by atoms with Crippen LogP contribution >= 0.6 is 0 Å². The molecule has 1 heterocycles. The number of rotatable bonds is 4. The molecule has 0 amide bonds. The number of hydrogen-bond donors (Lipinski definition) is 0. The zero-order chi connectivity index (χ0) is 18.9. The maximum Gasteiger partial charge on any atom is 0.407 e. The van der Waals surface area contributed by atoms with Crippen molar-refractivity contribution in [3.05, 3.63) is 76.7 Å². The average Bonchev–Trinajstić information content (AvgIpc) is 3.01. The first-order valence-electron chi connectivity index (χ1n) is 8.05. The molecular weight excluding hydrogens is 363 g/mol. The standard InChI is InChI=1S/C19H18F3NO2S/c1-14-7-9-16(10-8-14)26(24,25)17-11-18(19(20,21)22)23(13-17)12-15-5-3-2-4-6-15/h2-11,18H,12-13H2,1H3. The Balaban J connectivity index is 1.92. The number of hydrogen-bond acceptors (Lipinski definition) is 3. The van der Waals surface area contributed by atoms with Crippen molar-refractivity contribution in [3.63, 3.8) is 0 Å². The number of sulfone groups is 1. The van der Waals surface area contributed by atoms with Crippen LogP contribution in [-0.2, 0) is 16.4 Å². The lowest BCUT2D eigenvalue weighted by Gasteiger charge is -2.26. The minimum absolute atomic E-state index is 0.0110. The Labute approximate surface area is 150 Å². The SMILES string of the molecule is Cc1ccc(S(=O)(=O)C2=CC(C(F)(F)F)N(Cc3ccccc3)C2)cc1. The minimum atomic E-state index is -4.54. The van der Waals surface area contributed by atoms with Crippen LogP contribution in [0.1, 0.15) is 11.1 Å². The topological polar surface area (TPSA) is 37.4 Å². The summed E-state index contributed by atoms with van der Waals surface area (Å²) in [6.07, 6.45) is -3.71. The van der Waals surface area contributed by atoms with Crippen molar-refractivity contribution in [3.8, 4) is 0 Å². The molecule has 2 aromatic carbocycles. The molecule has 1 aliphatic rings. The maximum absolute atomic E-state index is 13.4. The first kappa shape index (κ1) is 18.7. The Bertz CT molecular complexity index is 904. The zero-order valence-corrected chi connectivity index (χ0v) is 14.9. The van der Waals surface area contributed by atoms with Crippen LogP contribution in [-0.4, -0.2) is 32.1 Å². The van der Waals surface area contributed by atoms with Gasteiger partial charge in [-0.15, -0.1) is 0 Å². The largest absolute Gasteiger partial charge is 0.407 e. The molecule has 0 saturated carbocycles. The van der Waals surface area contributed by atoms with Gasteiger partial charge in [0.2, 0.25) is 9.84 Å². The lowest BCUT2D eigenvalue weighted by molar-refractivity contribution is -0.167. The molecule has 2 aromatic rings. The molecule has 0 spiro atoms. The molecule has 1 aliphatic heterocycles. The van der Waals surface area contributed by atoms with Gasteiger partial charge in [0.25, 0.3) is 0 Å². The fraction of sp³-hybridized carbons (Fsp3) is 0.263. The van der Waals surface area contributed by atoms with E-state index in [2.05, 4.69) is 0 Å². The lowest BCUT2D eigenvalue weighted by Crippen LogP contribution is -2.41. The monoisotopic (exact) mass is 381 g/mol. The van der Waals surface area contributed by atoms with E-state index in [1.165, 1.54) is 12.1 Å². The van der Waals surface area contributed by atoms with Gasteiger partial charge in [0.05, 0.1) is 9.80 Å². The highest BCUT2D eigenvalue weighted by Crippen LogP contribution is 2.35. The summed E-state index contributed by atoms with van der Waals surface area (Å²) in [6.45, 7) is 1.57. The highest BCUT2D eigenvalue weighted by atomic mass is 32.2. The van der Waals surface area contributed by atoms with E-state index in [1.54, 1.807) is 42.5 Å². The van der Waals surface area contributed by atoms with Crippen LogP contribution < -0.4 is 0 Å². The molecule has 7 heteroatoms. The third kappa shape index (κ3) is 3.83. The highest BCUT2D eigenvalue weighted by molar-refractivity contribution is 7.95. The number of halogens is 3. The Morgan fingerprint density at radius 2 is 1.65 bits per heavy atom. The van der Waals surface area contributed by atoms with Crippen molar-refractivity contribution in [2.24, 2.45) is 0 Å². The highest BCUT2D eigenvalue weighted by Gasteiger charge is 2.47. The van der Waals surface area contributed by atoms with Gasteiger partial charge in [-0.2, -0.15) is 13.2 Å². The third-order valence-corrected chi connectivity index (χ3v) is 6.18. The van der Waals surface area contributed by atoms with Crippen LogP contribution in [0.2, 0.25) is 0 Å². The summed E-state index contributed by atoms with van der Waals surface area (Å²) in [6, 6.07) is 12.9. The van der Waals surface area contributed by atoms with Crippen molar-refractivity contribution in [1.82, 2.24) is 4.90 Å². The average molecular weight is 381 g/mol. The summed E-state index contributed by atoms with van der Waals surface area (Å²) >= 11 is 0. The summed E-state index contributed by atoms with van der Waals surface area (Å²) in [7, 11) is -3.95. The first-order chi connectivity index (χ1) is 12.2. The molecule has 3 nitrogen and oxygen atoms in total. The lowest BCUT2D eigenvalue weighted by atomic mass is 10.2. The van der Waals surface area contributed by atoms with Crippen molar-refractivity contribution in [2.45, 2.75) is 30.6 Å². The molecule has 3 rings (SSSR count). The quantitative estimate of drug-likeness (QED) is 0.800. The molecule has 0 aliphatic carbocycles.